The second-order valence-corrected chi connectivity index (χ2v) is 6.88. The first-order valence-corrected chi connectivity index (χ1v) is 8.45. The molecule has 0 radical (unpaired) electrons. The Morgan fingerprint density at radius 3 is 2.12 bits per heavy atom. The molecule has 7 heteroatoms. The predicted octanol–water partition coefficient (Wildman–Crippen LogP) is 3.11. The lowest BCUT2D eigenvalue weighted by Gasteiger charge is -2.21. The van der Waals surface area contributed by atoms with E-state index in [1.54, 1.807) is 24.3 Å². The minimum absolute atomic E-state index is 0.148. The molecule has 1 N–H and O–H groups in total. The Bertz CT molecular complexity index is 742. The van der Waals surface area contributed by atoms with Crippen molar-refractivity contribution < 1.29 is 24.2 Å². The Morgan fingerprint density at radius 2 is 1.68 bits per heavy atom. The Balaban J connectivity index is 2.31. The fourth-order valence-corrected chi connectivity index (χ4v) is 3.38. The molecule has 0 aliphatic carbocycles. The van der Waals surface area contributed by atoms with Crippen molar-refractivity contribution in [3.63, 3.8) is 0 Å². The second-order valence-electron chi connectivity index (χ2n) is 5.63. The Hall–Kier alpha value is -2.54. The molecule has 2 rings (SSSR count). The van der Waals surface area contributed by atoms with Crippen molar-refractivity contribution in [1.29, 1.82) is 0 Å². The van der Waals surface area contributed by atoms with Gasteiger partial charge in [0.1, 0.15) is 18.0 Å². The maximum atomic E-state index is 12.8. The summed E-state index contributed by atoms with van der Waals surface area (Å²) in [5.41, 5.74) is 1.75. The van der Waals surface area contributed by atoms with E-state index in [2.05, 4.69) is 0 Å². The molecule has 0 saturated heterocycles. The molecule has 6 nitrogen and oxygen atoms in total. The van der Waals surface area contributed by atoms with Gasteiger partial charge in [-0.1, -0.05) is 0 Å². The first-order valence-electron chi connectivity index (χ1n) is 7.64. The highest BCUT2D eigenvalue weighted by atomic mass is 32.1. The SMILES string of the molecule is COc1cc(CN(CC(=O)O)C(=O)c2cc(C)c(C)s2)cc(OC)c1. The normalized spacial score (nSPS) is 10.4. The standard InChI is InChI=1S/C18H21NO5S/c1-11-5-16(25-12(11)2)18(22)19(10-17(20)21)9-13-6-14(23-3)8-15(7-13)24-4/h5-8H,9-10H2,1-4H3,(H,20,21). The number of thiophene rings is 1. The van der Waals surface area contributed by atoms with Gasteiger partial charge in [0.15, 0.2) is 0 Å². The molecule has 0 fully saturated rings. The molecule has 1 aromatic heterocycles. The number of hydrogen-bond donors (Lipinski definition) is 1. The van der Waals surface area contributed by atoms with Crippen LogP contribution in [0.1, 0.15) is 25.7 Å². The van der Waals surface area contributed by atoms with Crippen LogP contribution in [-0.4, -0.2) is 42.6 Å². The minimum atomic E-state index is -1.06. The van der Waals surface area contributed by atoms with Crippen molar-refractivity contribution in [3.8, 4) is 11.5 Å². The lowest BCUT2D eigenvalue weighted by Crippen LogP contribution is -2.34. The second kappa shape index (κ2) is 8.02. The van der Waals surface area contributed by atoms with Gasteiger partial charge in [0.05, 0.1) is 19.1 Å². The molecule has 0 bridgehead atoms. The van der Waals surface area contributed by atoms with Gasteiger partial charge in [0, 0.05) is 17.5 Å². The number of aliphatic carboxylic acids is 1. The number of carbonyl (C=O) groups is 2. The minimum Gasteiger partial charge on any atom is -0.497 e. The van der Waals surface area contributed by atoms with E-state index in [-0.39, 0.29) is 19.0 Å². The lowest BCUT2D eigenvalue weighted by molar-refractivity contribution is -0.137. The molecular formula is C18H21NO5S. The van der Waals surface area contributed by atoms with E-state index in [0.29, 0.717) is 16.4 Å². The zero-order valence-electron chi connectivity index (χ0n) is 14.7. The number of nitrogens with zero attached hydrogens (tertiary/aromatic N) is 1. The summed E-state index contributed by atoms with van der Waals surface area (Å²) in [6.07, 6.45) is 0. The molecule has 0 aliphatic rings. The number of carboxylic acids is 1. The van der Waals surface area contributed by atoms with E-state index in [0.717, 1.165) is 16.0 Å². The van der Waals surface area contributed by atoms with Gasteiger partial charge < -0.3 is 19.5 Å². The zero-order chi connectivity index (χ0) is 18.6. The van der Waals surface area contributed by atoms with Gasteiger partial charge in [-0.15, -0.1) is 11.3 Å². The van der Waals surface area contributed by atoms with Crippen LogP contribution in [0.25, 0.3) is 0 Å². The molecule has 25 heavy (non-hydrogen) atoms. The smallest absolute Gasteiger partial charge is 0.323 e. The molecule has 0 spiro atoms. The zero-order valence-corrected chi connectivity index (χ0v) is 15.5. The van der Waals surface area contributed by atoms with E-state index < -0.39 is 5.97 Å². The van der Waals surface area contributed by atoms with Gasteiger partial charge >= 0.3 is 5.97 Å². The number of carboxylic acid groups (broad SMARTS) is 1. The van der Waals surface area contributed by atoms with Gasteiger partial charge in [-0.2, -0.15) is 0 Å². The summed E-state index contributed by atoms with van der Waals surface area (Å²) in [4.78, 5) is 26.9. The van der Waals surface area contributed by atoms with Crippen molar-refractivity contribution >= 4 is 23.2 Å². The van der Waals surface area contributed by atoms with E-state index in [1.165, 1.54) is 30.5 Å². The number of amides is 1. The first kappa shape index (κ1) is 18.8. The average Bonchev–Trinajstić information content (AvgIpc) is 2.91. The summed E-state index contributed by atoms with van der Waals surface area (Å²) in [5, 5.41) is 9.18. The van der Waals surface area contributed by atoms with Gasteiger partial charge in [-0.05, 0) is 43.2 Å². The third-order valence-electron chi connectivity index (χ3n) is 3.77. The Labute approximate surface area is 150 Å². The highest BCUT2D eigenvalue weighted by molar-refractivity contribution is 7.14. The van der Waals surface area contributed by atoms with Crippen LogP contribution in [-0.2, 0) is 11.3 Å². The van der Waals surface area contributed by atoms with Crippen LogP contribution in [0.3, 0.4) is 0 Å². The van der Waals surface area contributed by atoms with Crippen molar-refractivity contribution in [2.75, 3.05) is 20.8 Å². The quantitative estimate of drug-likeness (QED) is 0.818. The fourth-order valence-electron chi connectivity index (χ4n) is 2.38. The van der Waals surface area contributed by atoms with Crippen molar-refractivity contribution in [1.82, 2.24) is 4.90 Å². The first-order chi connectivity index (χ1) is 11.8. The number of carbonyl (C=O) groups excluding carboxylic acids is 1. The number of hydrogen-bond acceptors (Lipinski definition) is 5. The lowest BCUT2D eigenvalue weighted by atomic mass is 10.1. The highest BCUT2D eigenvalue weighted by Gasteiger charge is 2.21. The fraction of sp³-hybridized carbons (Fsp3) is 0.333. The third-order valence-corrected chi connectivity index (χ3v) is 4.92. The molecule has 0 unspecified atom stereocenters. The number of benzene rings is 1. The highest BCUT2D eigenvalue weighted by Crippen LogP contribution is 2.26. The van der Waals surface area contributed by atoms with E-state index >= 15 is 0 Å². The largest absolute Gasteiger partial charge is 0.497 e. The van der Waals surface area contributed by atoms with Crippen LogP contribution in [0.2, 0.25) is 0 Å². The Morgan fingerprint density at radius 1 is 1.08 bits per heavy atom. The summed E-state index contributed by atoms with van der Waals surface area (Å²) >= 11 is 1.37. The Kier molecular flexibility index (Phi) is 6.03. The predicted molar refractivity (Wildman–Crippen MR) is 95.7 cm³/mol. The van der Waals surface area contributed by atoms with Crippen LogP contribution < -0.4 is 9.47 Å². The average molecular weight is 363 g/mol. The summed E-state index contributed by atoms with van der Waals surface area (Å²) in [6, 6.07) is 7.04. The molecule has 1 heterocycles. The van der Waals surface area contributed by atoms with Crippen LogP contribution in [0.4, 0.5) is 0 Å². The van der Waals surface area contributed by atoms with Crippen molar-refractivity contribution in [2.45, 2.75) is 20.4 Å². The summed E-state index contributed by atoms with van der Waals surface area (Å²) in [7, 11) is 3.08. The molecule has 1 aromatic carbocycles. The van der Waals surface area contributed by atoms with Gasteiger partial charge in [-0.25, -0.2) is 0 Å². The molecule has 1 amide bonds. The van der Waals surface area contributed by atoms with Crippen LogP contribution >= 0.6 is 11.3 Å². The summed E-state index contributed by atoms with van der Waals surface area (Å²) in [6.45, 7) is 3.63. The molecule has 134 valence electrons. The number of ether oxygens (including phenoxy) is 2. The molecule has 0 atom stereocenters. The van der Waals surface area contributed by atoms with Crippen LogP contribution in [0.5, 0.6) is 11.5 Å². The number of rotatable bonds is 7. The van der Waals surface area contributed by atoms with Crippen molar-refractivity contribution in [3.05, 3.63) is 45.1 Å². The maximum Gasteiger partial charge on any atom is 0.323 e. The number of methoxy groups -OCH3 is 2. The molecular weight excluding hydrogens is 342 g/mol. The van der Waals surface area contributed by atoms with E-state index in [9.17, 15) is 14.7 Å². The number of aryl methyl sites for hydroxylation is 2. The topological polar surface area (TPSA) is 76.1 Å². The van der Waals surface area contributed by atoms with Crippen LogP contribution in [0.15, 0.2) is 24.3 Å². The monoisotopic (exact) mass is 363 g/mol. The molecule has 2 aromatic rings. The maximum absolute atomic E-state index is 12.8. The third kappa shape index (κ3) is 4.73. The van der Waals surface area contributed by atoms with E-state index in [1.807, 2.05) is 13.8 Å². The van der Waals surface area contributed by atoms with E-state index in [4.69, 9.17) is 9.47 Å². The van der Waals surface area contributed by atoms with Gasteiger partial charge in [0.25, 0.3) is 5.91 Å². The molecule has 0 saturated carbocycles. The summed E-state index contributed by atoms with van der Waals surface area (Å²) < 4.78 is 10.5. The van der Waals surface area contributed by atoms with Gasteiger partial charge in [-0.3, -0.25) is 9.59 Å². The van der Waals surface area contributed by atoms with Crippen molar-refractivity contribution in [2.24, 2.45) is 0 Å². The molecule has 0 aliphatic heterocycles. The summed E-state index contributed by atoms with van der Waals surface area (Å²) in [5.74, 6) is -0.196. The van der Waals surface area contributed by atoms with Crippen LogP contribution in [0, 0.1) is 13.8 Å². The van der Waals surface area contributed by atoms with Gasteiger partial charge in [0.2, 0.25) is 0 Å².